The molecule has 5 heavy (non-hydrogen) atoms. The van der Waals surface area contributed by atoms with Gasteiger partial charge in [-0.2, -0.15) is 0 Å². The van der Waals surface area contributed by atoms with Crippen molar-refractivity contribution in [2.75, 3.05) is 6.61 Å². The lowest BCUT2D eigenvalue weighted by Crippen LogP contribution is -1.64. The van der Waals surface area contributed by atoms with Crippen molar-refractivity contribution in [2.24, 2.45) is 0 Å². The van der Waals surface area contributed by atoms with Crippen LogP contribution in [0.25, 0.3) is 0 Å². The van der Waals surface area contributed by atoms with Gasteiger partial charge in [-0.1, -0.05) is 5.92 Å². The maximum absolute atomic E-state index is 7.64. The fourth-order valence-corrected chi connectivity index (χ4v) is 0. The molecular formula is C3H8OSi. The summed E-state index contributed by atoms with van der Waals surface area (Å²) in [4.78, 5) is 0. The quantitative estimate of drug-likeness (QED) is 0.272. The van der Waals surface area contributed by atoms with E-state index in [0.717, 1.165) is 0 Å². The third-order valence-corrected chi connectivity index (χ3v) is 0.0913. The van der Waals surface area contributed by atoms with Gasteiger partial charge in [-0.05, 0) is 11.0 Å². The Morgan fingerprint density at radius 3 is 2.00 bits per heavy atom. The van der Waals surface area contributed by atoms with Crippen molar-refractivity contribution < 1.29 is 5.11 Å². The normalized spacial score (nSPS) is 4.00. The molecule has 0 aliphatic carbocycles. The highest BCUT2D eigenvalue weighted by atomic mass is 28.1. The Hall–Kier alpha value is -0.263. The Morgan fingerprint density at radius 2 is 2.00 bits per heavy atom. The van der Waals surface area contributed by atoms with Crippen LogP contribution in [0.4, 0.5) is 0 Å². The summed E-state index contributed by atoms with van der Waals surface area (Å²) in [6, 6.07) is 0. The first-order valence-corrected chi connectivity index (χ1v) is 0.958. The minimum absolute atomic E-state index is 0. The van der Waals surface area contributed by atoms with Gasteiger partial charge in [-0.25, -0.2) is 0 Å². The van der Waals surface area contributed by atoms with Gasteiger partial charge in [0.05, 0.1) is 0 Å². The SMILES string of the molecule is C#CCO.[SiH4]. The second kappa shape index (κ2) is 9.28. The Bertz CT molecular complexity index is 36.6. The van der Waals surface area contributed by atoms with E-state index in [-0.39, 0.29) is 17.6 Å². The van der Waals surface area contributed by atoms with E-state index in [4.69, 9.17) is 5.11 Å². The van der Waals surface area contributed by atoms with Crippen LogP contribution in [0.5, 0.6) is 0 Å². The third kappa shape index (κ3) is 20.8. The fourth-order valence-electron chi connectivity index (χ4n) is 0. The summed E-state index contributed by atoms with van der Waals surface area (Å²) in [5.41, 5.74) is 0. The van der Waals surface area contributed by atoms with Crippen LogP contribution in [0.15, 0.2) is 0 Å². The molecule has 0 spiro atoms. The summed E-state index contributed by atoms with van der Waals surface area (Å²) in [5.74, 6) is 1.99. The lowest BCUT2D eigenvalue weighted by Gasteiger charge is -1.55. The van der Waals surface area contributed by atoms with Crippen LogP contribution in [-0.4, -0.2) is 22.7 Å². The summed E-state index contributed by atoms with van der Waals surface area (Å²) in [6.07, 6.45) is 4.53. The molecular weight excluding hydrogens is 80.1 g/mol. The molecule has 0 aromatic carbocycles. The van der Waals surface area contributed by atoms with Gasteiger partial charge in [0.15, 0.2) is 0 Å². The van der Waals surface area contributed by atoms with Crippen LogP contribution in [0, 0.1) is 12.3 Å². The average molecular weight is 88.2 g/mol. The fraction of sp³-hybridized carbons (Fsp3) is 0.333. The standard InChI is InChI=1S/C3H4O.H4Si/c1-2-3-4;/h1,4H,3H2;1H4. The second-order valence-corrected chi connectivity index (χ2v) is 0.362. The molecule has 0 rings (SSSR count). The summed E-state index contributed by atoms with van der Waals surface area (Å²) < 4.78 is 0. The second-order valence-electron chi connectivity index (χ2n) is 0.362. The Kier molecular flexibility index (Phi) is 16.4. The first-order chi connectivity index (χ1) is 1.91. The van der Waals surface area contributed by atoms with E-state index in [1.165, 1.54) is 0 Å². The molecule has 2 heteroatoms. The molecule has 0 radical (unpaired) electrons. The maximum atomic E-state index is 7.64. The molecule has 0 saturated carbocycles. The number of aliphatic hydroxyl groups is 1. The van der Waals surface area contributed by atoms with Crippen LogP contribution in [-0.2, 0) is 0 Å². The zero-order chi connectivity index (χ0) is 3.41. The first-order valence-electron chi connectivity index (χ1n) is 0.958. The van der Waals surface area contributed by atoms with Gasteiger partial charge in [0.2, 0.25) is 0 Å². The molecule has 0 bridgehead atoms. The van der Waals surface area contributed by atoms with Gasteiger partial charge in [-0.3, -0.25) is 0 Å². The van der Waals surface area contributed by atoms with E-state index >= 15 is 0 Å². The molecule has 0 unspecified atom stereocenters. The number of terminal acetylenes is 1. The molecule has 0 heterocycles. The van der Waals surface area contributed by atoms with E-state index in [1.807, 2.05) is 5.92 Å². The van der Waals surface area contributed by atoms with Crippen molar-refractivity contribution in [1.82, 2.24) is 0 Å². The van der Waals surface area contributed by atoms with Crippen LogP contribution in [0.3, 0.4) is 0 Å². The van der Waals surface area contributed by atoms with Gasteiger partial charge in [0.25, 0.3) is 0 Å². The van der Waals surface area contributed by atoms with Gasteiger partial charge in [0, 0.05) is 0 Å². The Labute approximate surface area is 36.0 Å². The zero-order valence-corrected chi connectivity index (χ0v) is 2.23. The third-order valence-electron chi connectivity index (χ3n) is 0.0913. The highest BCUT2D eigenvalue weighted by molar-refractivity contribution is 5.75. The molecule has 0 aromatic heterocycles. The molecule has 0 aliphatic rings. The molecule has 30 valence electrons. The summed E-state index contributed by atoms with van der Waals surface area (Å²) in [7, 11) is 0. The Balaban J connectivity index is 0. The highest BCUT2D eigenvalue weighted by Gasteiger charge is 1.43. The molecule has 0 atom stereocenters. The first kappa shape index (κ1) is 8.83. The van der Waals surface area contributed by atoms with Gasteiger partial charge >= 0.3 is 0 Å². The molecule has 1 nitrogen and oxygen atoms in total. The predicted octanol–water partition coefficient (Wildman–Crippen LogP) is -1.84. The van der Waals surface area contributed by atoms with Crippen molar-refractivity contribution in [3.8, 4) is 12.3 Å². The van der Waals surface area contributed by atoms with E-state index in [0.29, 0.717) is 0 Å². The molecule has 0 fully saturated rings. The average Bonchev–Trinajstić information content (AvgIpc) is 1.37. The van der Waals surface area contributed by atoms with Crippen LogP contribution in [0.1, 0.15) is 0 Å². The van der Waals surface area contributed by atoms with Crippen LogP contribution >= 0.6 is 0 Å². The summed E-state index contributed by atoms with van der Waals surface area (Å²) in [5, 5.41) is 7.64. The Morgan fingerprint density at radius 1 is 1.80 bits per heavy atom. The number of hydrogen-bond acceptors (Lipinski definition) is 1. The maximum Gasteiger partial charge on any atom is 0.103 e. The predicted molar refractivity (Wildman–Crippen MR) is 27.3 cm³/mol. The van der Waals surface area contributed by atoms with E-state index in [2.05, 4.69) is 6.42 Å². The van der Waals surface area contributed by atoms with Crippen molar-refractivity contribution in [1.29, 1.82) is 0 Å². The smallest absolute Gasteiger partial charge is 0.103 e. The molecule has 1 N–H and O–H groups in total. The van der Waals surface area contributed by atoms with Crippen molar-refractivity contribution >= 4 is 11.0 Å². The van der Waals surface area contributed by atoms with Crippen molar-refractivity contribution in [3.63, 3.8) is 0 Å². The van der Waals surface area contributed by atoms with E-state index in [9.17, 15) is 0 Å². The van der Waals surface area contributed by atoms with Crippen LogP contribution < -0.4 is 0 Å². The molecule has 0 amide bonds. The van der Waals surface area contributed by atoms with Gasteiger partial charge < -0.3 is 5.11 Å². The lowest BCUT2D eigenvalue weighted by molar-refractivity contribution is 0.351. The van der Waals surface area contributed by atoms with Crippen molar-refractivity contribution in [2.45, 2.75) is 0 Å². The van der Waals surface area contributed by atoms with Gasteiger partial charge in [-0.15, -0.1) is 6.42 Å². The summed E-state index contributed by atoms with van der Waals surface area (Å²) >= 11 is 0. The summed E-state index contributed by atoms with van der Waals surface area (Å²) in [6.45, 7) is -0.153. The van der Waals surface area contributed by atoms with Crippen molar-refractivity contribution in [3.05, 3.63) is 0 Å². The topological polar surface area (TPSA) is 20.2 Å². The number of rotatable bonds is 0. The zero-order valence-electron chi connectivity index (χ0n) is 2.23. The highest BCUT2D eigenvalue weighted by Crippen LogP contribution is 1.34. The number of hydrogen-bond donors (Lipinski definition) is 1. The van der Waals surface area contributed by atoms with E-state index < -0.39 is 0 Å². The van der Waals surface area contributed by atoms with E-state index in [1.54, 1.807) is 0 Å². The molecule has 0 saturated heterocycles. The molecule has 0 aliphatic heterocycles. The van der Waals surface area contributed by atoms with Crippen LogP contribution in [0.2, 0.25) is 0 Å². The van der Waals surface area contributed by atoms with Gasteiger partial charge in [0.1, 0.15) is 6.61 Å². The minimum atomic E-state index is -0.153. The lowest BCUT2D eigenvalue weighted by atomic mass is 10.8. The minimum Gasteiger partial charge on any atom is -0.384 e. The molecule has 0 aromatic rings. The monoisotopic (exact) mass is 88.0 g/mol. The largest absolute Gasteiger partial charge is 0.384 e. The number of aliphatic hydroxyl groups excluding tert-OH is 1.